The first-order valence-electron chi connectivity index (χ1n) is 6.66. The van der Waals surface area contributed by atoms with Crippen LogP contribution in [0, 0.1) is 0 Å². The fraction of sp³-hybridized carbons (Fsp3) is 0.333. The molecule has 0 spiro atoms. The molecule has 4 heteroatoms. The highest BCUT2D eigenvalue weighted by Crippen LogP contribution is 2.27. The Bertz CT molecular complexity index is 618. The highest BCUT2D eigenvalue weighted by molar-refractivity contribution is 5.97. The first-order valence-corrected chi connectivity index (χ1v) is 6.66. The number of para-hydroxylation sites is 1. The highest BCUT2D eigenvalue weighted by atomic mass is 16.1. The van der Waals surface area contributed by atoms with Crippen LogP contribution in [0.2, 0.25) is 0 Å². The van der Waals surface area contributed by atoms with Crippen molar-refractivity contribution in [3.05, 3.63) is 41.6 Å². The van der Waals surface area contributed by atoms with Crippen molar-refractivity contribution in [3.8, 4) is 0 Å². The molecule has 1 atom stereocenters. The molecule has 4 nitrogen and oxygen atoms in total. The fourth-order valence-corrected chi connectivity index (χ4v) is 2.72. The first-order chi connectivity index (χ1) is 9.25. The average molecular weight is 255 g/mol. The van der Waals surface area contributed by atoms with Gasteiger partial charge in [0.1, 0.15) is 0 Å². The summed E-state index contributed by atoms with van der Waals surface area (Å²) in [4.78, 5) is 16.3. The molecule has 1 aliphatic rings. The molecule has 1 aromatic carbocycles. The topological polar surface area (TPSA) is 68.0 Å². The van der Waals surface area contributed by atoms with E-state index in [1.165, 1.54) is 0 Å². The van der Waals surface area contributed by atoms with Crippen LogP contribution in [0.5, 0.6) is 0 Å². The average Bonchev–Trinajstić information content (AvgIpc) is 2.46. The van der Waals surface area contributed by atoms with Crippen molar-refractivity contribution in [2.24, 2.45) is 5.73 Å². The second-order valence-electron chi connectivity index (χ2n) is 5.02. The SMILES string of the molecule is NC(=O)c1cc2ccccc2nc1C1CCCNC1. The van der Waals surface area contributed by atoms with E-state index >= 15 is 0 Å². The van der Waals surface area contributed by atoms with Crippen molar-refractivity contribution in [2.45, 2.75) is 18.8 Å². The summed E-state index contributed by atoms with van der Waals surface area (Å²) in [6.07, 6.45) is 2.16. The molecule has 1 aromatic heterocycles. The molecule has 2 heterocycles. The van der Waals surface area contributed by atoms with E-state index in [1.54, 1.807) is 0 Å². The van der Waals surface area contributed by atoms with Crippen molar-refractivity contribution in [2.75, 3.05) is 13.1 Å². The number of piperidine rings is 1. The normalized spacial score (nSPS) is 19.5. The molecule has 1 amide bonds. The molecule has 0 radical (unpaired) electrons. The number of carbonyl (C=O) groups is 1. The first kappa shape index (κ1) is 12.1. The third kappa shape index (κ3) is 2.31. The van der Waals surface area contributed by atoms with Crippen molar-refractivity contribution in [1.82, 2.24) is 10.3 Å². The molecule has 3 N–H and O–H groups in total. The zero-order valence-electron chi connectivity index (χ0n) is 10.7. The van der Waals surface area contributed by atoms with Gasteiger partial charge in [0.25, 0.3) is 5.91 Å². The van der Waals surface area contributed by atoms with Gasteiger partial charge in [-0.25, -0.2) is 0 Å². The summed E-state index contributed by atoms with van der Waals surface area (Å²) in [6.45, 7) is 1.90. The van der Waals surface area contributed by atoms with E-state index in [1.807, 2.05) is 30.3 Å². The molecule has 1 unspecified atom stereocenters. The van der Waals surface area contributed by atoms with E-state index < -0.39 is 0 Å². The largest absolute Gasteiger partial charge is 0.366 e. The van der Waals surface area contributed by atoms with Gasteiger partial charge in [0, 0.05) is 17.8 Å². The number of rotatable bonds is 2. The zero-order chi connectivity index (χ0) is 13.2. The number of carbonyl (C=O) groups excluding carboxylic acids is 1. The highest BCUT2D eigenvalue weighted by Gasteiger charge is 2.22. The third-order valence-electron chi connectivity index (χ3n) is 3.70. The maximum atomic E-state index is 11.7. The van der Waals surface area contributed by atoms with Crippen molar-refractivity contribution < 1.29 is 4.79 Å². The second kappa shape index (κ2) is 4.97. The Hall–Kier alpha value is -1.94. The zero-order valence-corrected chi connectivity index (χ0v) is 10.7. The lowest BCUT2D eigenvalue weighted by Gasteiger charge is -2.24. The van der Waals surface area contributed by atoms with Crippen LogP contribution in [0.15, 0.2) is 30.3 Å². The van der Waals surface area contributed by atoms with Crippen LogP contribution in [0.1, 0.15) is 34.8 Å². The molecule has 2 aromatic rings. The summed E-state index contributed by atoms with van der Waals surface area (Å²) in [5.41, 5.74) is 7.85. The van der Waals surface area contributed by atoms with Crippen molar-refractivity contribution >= 4 is 16.8 Å². The molecule has 3 rings (SSSR count). The molecule has 1 aliphatic heterocycles. The quantitative estimate of drug-likeness (QED) is 0.859. The number of nitrogens with zero attached hydrogens (tertiary/aromatic N) is 1. The van der Waals surface area contributed by atoms with Crippen LogP contribution in [0.3, 0.4) is 0 Å². The van der Waals surface area contributed by atoms with Gasteiger partial charge in [-0.15, -0.1) is 0 Å². The summed E-state index contributed by atoms with van der Waals surface area (Å²) >= 11 is 0. The van der Waals surface area contributed by atoms with Crippen LogP contribution in [-0.2, 0) is 0 Å². The minimum absolute atomic E-state index is 0.279. The van der Waals surface area contributed by atoms with Crippen molar-refractivity contribution in [1.29, 1.82) is 0 Å². The van der Waals surface area contributed by atoms with E-state index in [2.05, 4.69) is 10.3 Å². The molecule has 1 fully saturated rings. The van der Waals surface area contributed by atoms with E-state index in [-0.39, 0.29) is 11.8 Å². The molecule has 1 saturated heterocycles. The molecule has 98 valence electrons. The summed E-state index contributed by atoms with van der Waals surface area (Å²) in [5.74, 6) is -0.111. The Labute approximate surface area is 112 Å². The lowest BCUT2D eigenvalue weighted by Crippen LogP contribution is -2.30. The summed E-state index contributed by atoms with van der Waals surface area (Å²) < 4.78 is 0. The van der Waals surface area contributed by atoms with E-state index in [0.29, 0.717) is 5.56 Å². The molecule has 19 heavy (non-hydrogen) atoms. The van der Waals surface area contributed by atoms with Gasteiger partial charge in [-0.05, 0) is 31.5 Å². The van der Waals surface area contributed by atoms with Gasteiger partial charge < -0.3 is 11.1 Å². The van der Waals surface area contributed by atoms with Crippen molar-refractivity contribution in [3.63, 3.8) is 0 Å². The molecular weight excluding hydrogens is 238 g/mol. The maximum Gasteiger partial charge on any atom is 0.250 e. The number of nitrogens with one attached hydrogen (secondary N) is 1. The number of fused-ring (bicyclic) bond motifs is 1. The number of benzene rings is 1. The predicted molar refractivity (Wildman–Crippen MR) is 75.1 cm³/mol. The molecule has 0 saturated carbocycles. The monoisotopic (exact) mass is 255 g/mol. The minimum Gasteiger partial charge on any atom is -0.366 e. The lowest BCUT2D eigenvalue weighted by atomic mass is 9.91. The molecule has 0 bridgehead atoms. The second-order valence-corrected chi connectivity index (χ2v) is 5.02. The van der Waals surface area contributed by atoms with Gasteiger partial charge in [0.15, 0.2) is 0 Å². The van der Waals surface area contributed by atoms with Gasteiger partial charge in [-0.1, -0.05) is 18.2 Å². The minimum atomic E-state index is -0.390. The standard InChI is InChI=1S/C15H17N3O/c16-15(19)12-8-10-4-1-2-6-13(10)18-14(12)11-5-3-7-17-9-11/h1-2,4,6,8,11,17H,3,5,7,9H2,(H2,16,19). The van der Waals surface area contributed by atoms with Crippen LogP contribution in [-0.4, -0.2) is 24.0 Å². The van der Waals surface area contributed by atoms with Gasteiger partial charge in [-0.3, -0.25) is 9.78 Å². The van der Waals surface area contributed by atoms with E-state index in [9.17, 15) is 4.79 Å². The van der Waals surface area contributed by atoms with Crippen LogP contribution in [0.4, 0.5) is 0 Å². The van der Waals surface area contributed by atoms with Gasteiger partial charge in [-0.2, -0.15) is 0 Å². The number of nitrogens with two attached hydrogens (primary N) is 1. The van der Waals surface area contributed by atoms with Gasteiger partial charge >= 0.3 is 0 Å². The van der Waals surface area contributed by atoms with E-state index in [4.69, 9.17) is 5.73 Å². The van der Waals surface area contributed by atoms with Crippen LogP contribution in [0.25, 0.3) is 10.9 Å². The van der Waals surface area contributed by atoms with Gasteiger partial charge in [0.2, 0.25) is 0 Å². The van der Waals surface area contributed by atoms with E-state index in [0.717, 1.165) is 42.5 Å². The molecule has 0 aliphatic carbocycles. The lowest BCUT2D eigenvalue weighted by molar-refractivity contribution is 0.0998. The Morgan fingerprint density at radius 3 is 2.95 bits per heavy atom. The Balaban J connectivity index is 2.14. The number of aromatic nitrogens is 1. The maximum absolute atomic E-state index is 11.7. The summed E-state index contributed by atoms with van der Waals surface area (Å²) in [5, 5.41) is 4.32. The fourth-order valence-electron chi connectivity index (χ4n) is 2.72. The number of amides is 1. The number of hydrogen-bond donors (Lipinski definition) is 2. The summed E-state index contributed by atoms with van der Waals surface area (Å²) in [6, 6.07) is 9.70. The van der Waals surface area contributed by atoms with Crippen LogP contribution < -0.4 is 11.1 Å². The number of hydrogen-bond acceptors (Lipinski definition) is 3. The third-order valence-corrected chi connectivity index (χ3v) is 3.70. The smallest absolute Gasteiger partial charge is 0.250 e. The van der Waals surface area contributed by atoms with Gasteiger partial charge in [0.05, 0.1) is 16.8 Å². The summed E-state index contributed by atoms with van der Waals surface area (Å²) in [7, 11) is 0. The number of primary amides is 1. The number of pyridine rings is 1. The Morgan fingerprint density at radius 1 is 1.37 bits per heavy atom. The Kier molecular flexibility index (Phi) is 3.17. The predicted octanol–water partition coefficient (Wildman–Crippen LogP) is 1.80. The Morgan fingerprint density at radius 2 is 2.21 bits per heavy atom. The molecular formula is C15H17N3O. The van der Waals surface area contributed by atoms with Crippen LogP contribution >= 0.6 is 0 Å².